The molecule has 0 atom stereocenters. The van der Waals surface area contributed by atoms with E-state index in [1.54, 1.807) is 36.5 Å². The molecule has 0 aliphatic heterocycles. The lowest BCUT2D eigenvalue weighted by Gasteiger charge is -2.04. The van der Waals surface area contributed by atoms with Crippen molar-refractivity contribution in [3.05, 3.63) is 42.6 Å². The van der Waals surface area contributed by atoms with E-state index < -0.39 is 9.84 Å². The van der Waals surface area contributed by atoms with Gasteiger partial charge in [-0.2, -0.15) is 0 Å². The molecule has 0 bridgehead atoms. The number of hydrogen-bond donors (Lipinski definition) is 1. The summed E-state index contributed by atoms with van der Waals surface area (Å²) in [6, 6.07) is 10.4. The number of pyridine rings is 1. The fourth-order valence-electron chi connectivity index (χ4n) is 1.96. The van der Waals surface area contributed by atoms with Crippen molar-refractivity contribution < 1.29 is 8.42 Å². The van der Waals surface area contributed by atoms with Crippen LogP contribution in [-0.4, -0.2) is 29.6 Å². The van der Waals surface area contributed by atoms with Gasteiger partial charge in [-0.3, -0.25) is 0 Å². The van der Waals surface area contributed by atoms with Crippen molar-refractivity contribution in [2.45, 2.75) is 4.90 Å². The van der Waals surface area contributed by atoms with E-state index in [1.807, 2.05) is 6.07 Å². The zero-order valence-corrected chi connectivity index (χ0v) is 11.0. The highest BCUT2D eigenvalue weighted by Gasteiger charge is 2.16. The maximum Gasteiger partial charge on any atom is 0.178 e. The Bertz CT molecular complexity index is 820. The summed E-state index contributed by atoms with van der Waals surface area (Å²) in [5, 5.41) is 0. The van der Waals surface area contributed by atoms with Gasteiger partial charge in [-0.25, -0.2) is 18.4 Å². The van der Waals surface area contributed by atoms with Crippen molar-refractivity contribution in [1.29, 1.82) is 0 Å². The number of rotatable bonds is 2. The summed E-state index contributed by atoms with van der Waals surface area (Å²) in [5.41, 5.74) is 1.91. The summed E-state index contributed by atoms with van der Waals surface area (Å²) in [6.45, 7) is 0. The molecule has 0 amide bonds. The second kappa shape index (κ2) is 4.17. The van der Waals surface area contributed by atoms with E-state index in [4.69, 9.17) is 0 Å². The van der Waals surface area contributed by atoms with E-state index >= 15 is 0 Å². The Morgan fingerprint density at radius 2 is 1.89 bits per heavy atom. The van der Waals surface area contributed by atoms with E-state index in [2.05, 4.69) is 15.0 Å². The first-order chi connectivity index (χ1) is 9.05. The summed E-state index contributed by atoms with van der Waals surface area (Å²) < 4.78 is 23.6. The highest BCUT2D eigenvalue weighted by Crippen LogP contribution is 2.26. The minimum absolute atomic E-state index is 0.258. The third kappa shape index (κ3) is 2.10. The van der Waals surface area contributed by atoms with Gasteiger partial charge in [0.2, 0.25) is 0 Å². The van der Waals surface area contributed by atoms with Crippen molar-refractivity contribution in [1.82, 2.24) is 15.0 Å². The number of hydrogen-bond acceptors (Lipinski definition) is 4. The quantitative estimate of drug-likeness (QED) is 0.775. The monoisotopic (exact) mass is 273 g/mol. The second-order valence-corrected chi connectivity index (χ2v) is 6.21. The molecule has 0 aliphatic carbocycles. The standard InChI is InChI=1S/C13H11N3O2S/c1-19(17,18)11-7-3-2-5-9(11)12-15-10-6-4-8-14-13(10)16-12/h2-8H,1H3,(H,14,15,16). The number of aromatic nitrogens is 3. The van der Waals surface area contributed by atoms with Gasteiger partial charge in [-0.1, -0.05) is 12.1 Å². The molecule has 5 nitrogen and oxygen atoms in total. The Labute approximate surface area is 110 Å². The minimum Gasteiger partial charge on any atom is -0.337 e. The maximum absolute atomic E-state index is 11.8. The zero-order valence-electron chi connectivity index (χ0n) is 10.2. The fourth-order valence-corrected chi connectivity index (χ4v) is 2.85. The fraction of sp³-hybridized carbons (Fsp3) is 0.0769. The van der Waals surface area contributed by atoms with Crippen LogP contribution in [0, 0.1) is 0 Å². The number of imidazole rings is 1. The molecule has 0 fully saturated rings. The molecule has 2 heterocycles. The number of aromatic amines is 1. The molecule has 0 unspecified atom stereocenters. The highest BCUT2D eigenvalue weighted by atomic mass is 32.2. The van der Waals surface area contributed by atoms with Crippen molar-refractivity contribution >= 4 is 21.0 Å². The average Bonchev–Trinajstić information content (AvgIpc) is 2.81. The van der Waals surface area contributed by atoms with Gasteiger partial charge in [0, 0.05) is 18.0 Å². The first kappa shape index (κ1) is 11.9. The molecule has 2 aromatic heterocycles. The number of nitrogens with zero attached hydrogens (tertiary/aromatic N) is 2. The van der Waals surface area contributed by atoms with Crippen molar-refractivity contribution in [3.8, 4) is 11.4 Å². The van der Waals surface area contributed by atoms with E-state index in [1.165, 1.54) is 6.26 Å². The molecule has 0 aliphatic rings. The normalized spacial score (nSPS) is 11.8. The SMILES string of the molecule is CS(=O)(=O)c1ccccc1-c1nc2ncccc2[nH]1. The lowest BCUT2D eigenvalue weighted by molar-refractivity contribution is 0.602. The van der Waals surface area contributed by atoms with Gasteiger partial charge in [0.1, 0.15) is 5.82 Å². The molecule has 1 aromatic carbocycles. The van der Waals surface area contributed by atoms with E-state index in [0.29, 0.717) is 17.0 Å². The Balaban J connectivity index is 2.27. The predicted octanol–water partition coefficient (Wildman–Crippen LogP) is 2.03. The van der Waals surface area contributed by atoms with Gasteiger partial charge in [0.25, 0.3) is 0 Å². The van der Waals surface area contributed by atoms with Gasteiger partial charge >= 0.3 is 0 Å². The Hall–Kier alpha value is -2.21. The average molecular weight is 273 g/mol. The van der Waals surface area contributed by atoms with E-state index in [-0.39, 0.29) is 4.90 Å². The van der Waals surface area contributed by atoms with Crippen LogP contribution in [0.2, 0.25) is 0 Å². The van der Waals surface area contributed by atoms with Crippen LogP contribution in [0.3, 0.4) is 0 Å². The van der Waals surface area contributed by atoms with Crippen LogP contribution < -0.4 is 0 Å². The van der Waals surface area contributed by atoms with Gasteiger partial charge in [0.05, 0.1) is 10.4 Å². The number of fused-ring (bicyclic) bond motifs is 1. The molecule has 6 heteroatoms. The summed E-state index contributed by atoms with van der Waals surface area (Å²) >= 11 is 0. The van der Waals surface area contributed by atoms with Gasteiger partial charge < -0.3 is 4.98 Å². The molecule has 0 radical (unpaired) electrons. The first-order valence-corrected chi connectivity index (χ1v) is 7.55. The lowest BCUT2D eigenvalue weighted by Crippen LogP contribution is -2.00. The van der Waals surface area contributed by atoms with Crippen molar-refractivity contribution in [2.24, 2.45) is 0 Å². The Morgan fingerprint density at radius 3 is 2.63 bits per heavy atom. The topological polar surface area (TPSA) is 75.7 Å². The molecule has 1 N–H and O–H groups in total. The van der Waals surface area contributed by atoms with Crippen LogP contribution in [0.1, 0.15) is 0 Å². The van der Waals surface area contributed by atoms with Crippen LogP contribution in [0.25, 0.3) is 22.6 Å². The third-order valence-electron chi connectivity index (χ3n) is 2.80. The smallest absolute Gasteiger partial charge is 0.178 e. The third-order valence-corrected chi connectivity index (χ3v) is 3.95. The molecule has 0 saturated heterocycles. The molecule has 0 saturated carbocycles. The summed E-state index contributed by atoms with van der Waals surface area (Å²) in [7, 11) is -3.30. The van der Waals surface area contributed by atoms with Crippen molar-refractivity contribution in [3.63, 3.8) is 0 Å². The lowest BCUT2D eigenvalue weighted by atomic mass is 10.2. The first-order valence-electron chi connectivity index (χ1n) is 5.66. The van der Waals surface area contributed by atoms with E-state index in [9.17, 15) is 8.42 Å². The second-order valence-electron chi connectivity index (χ2n) is 4.23. The molecule has 0 spiro atoms. The van der Waals surface area contributed by atoms with Crippen LogP contribution in [0.5, 0.6) is 0 Å². The largest absolute Gasteiger partial charge is 0.337 e. The molecule has 96 valence electrons. The Kier molecular flexibility index (Phi) is 2.60. The maximum atomic E-state index is 11.8. The van der Waals surface area contributed by atoms with E-state index in [0.717, 1.165) is 5.52 Å². The summed E-state index contributed by atoms with van der Waals surface area (Å²) in [6.07, 6.45) is 2.84. The zero-order chi connectivity index (χ0) is 13.5. The highest BCUT2D eigenvalue weighted by molar-refractivity contribution is 7.90. The Morgan fingerprint density at radius 1 is 1.11 bits per heavy atom. The predicted molar refractivity (Wildman–Crippen MR) is 72.4 cm³/mol. The number of benzene rings is 1. The number of sulfone groups is 1. The van der Waals surface area contributed by atoms with Crippen LogP contribution in [0.4, 0.5) is 0 Å². The minimum atomic E-state index is -3.30. The van der Waals surface area contributed by atoms with Gasteiger partial charge in [-0.15, -0.1) is 0 Å². The van der Waals surface area contributed by atoms with Crippen LogP contribution in [-0.2, 0) is 9.84 Å². The van der Waals surface area contributed by atoms with Crippen LogP contribution >= 0.6 is 0 Å². The molecule has 19 heavy (non-hydrogen) atoms. The van der Waals surface area contributed by atoms with Crippen molar-refractivity contribution in [2.75, 3.05) is 6.26 Å². The molecule has 3 rings (SSSR count). The number of H-pyrrole nitrogens is 1. The molecular formula is C13H11N3O2S. The summed E-state index contributed by atoms with van der Waals surface area (Å²) in [5.74, 6) is 0.509. The molecular weight excluding hydrogens is 262 g/mol. The number of nitrogens with one attached hydrogen (secondary N) is 1. The van der Waals surface area contributed by atoms with Gasteiger partial charge in [0.15, 0.2) is 15.5 Å². The molecule has 3 aromatic rings. The van der Waals surface area contributed by atoms with Crippen LogP contribution in [0.15, 0.2) is 47.5 Å². The van der Waals surface area contributed by atoms with Gasteiger partial charge in [-0.05, 0) is 24.3 Å². The summed E-state index contributed by atoms with van der Waals surface area (Å²) in [4.78, 5) is 11.8.